The third kappa shape index (κ3) is 4.63. The minimum absolute atomic E-state index is 0.0223. The van der Waals surface area contributed by atoms with Gasteiger partial charge in [-0.3, -0.25) is 4.79 Å². The lowest BCUT2D eigenvalue weighted by atomic mass is 10.1. The summed E-state index contributed by atoms with van der Waals surface area (Å²) >= 11 is 6.29. The van der Waals surface area contributed by atoms with E-state index in [1.807, 2.05) is 32.0 Å². The number of amides is 1. The van der Waals surface area contributed by atoms with Crippen molar-refractivity contribution in [2.75, 3.05) is 11.9 Å². The summed E-state index contributed by atoms with van der Waals surface area (Å²) in [5.74, 6) is -1.63. The molecule has 0 aliphatic rings. The standard InChI is InChI=1S/C21H19ClFN3O3/c1-12-4-5-13(2)17(10-12)24-18(27)11-29-21(28)19-14(3)25-26(20(19)22)16-8-6-15(23)7-9-16/h4-10H,11H2,1-3H3,(H,24,27). The summed E-state index contributed by atoms with van der Waals surface area (Å²) in [6, 6.07) is 11.2. The lowest BCUT2D eigenvalue weighted by Crippen LogP contribution is -2.21. The molecule has 0 atom stereocenters. The van der Waals surface area contributed by atoms with Crippen molar-refractivity contribution in [1.29, 1.82) is 0 Å². The molecule has 0 aliphatic heterocycles. The lowest BCUT2D eigenvalue weighted by Gasteiger charge is -2.10. The molecule has 1 N–H and O–H groups in total. The molecule has 29 heavy (non-hydrogen) atoms. The van der Waals surface area contributed by atoms with Crippen molar-refractivity contribution in [1.82, 2.24) is 9.78 Å². The fourth-order valence-electron chi connectivity index (χ4n) is 2.74. The topological polar surface area (TPSA) is 73.2 Å². The number of carbonyl (C=O) groups excluding carboxylic acids is 2. The molecule has 1 amide bonds. The van der Waals surface area contributed by atoms with Gasteiger partial charge in [-0.1, -0.05) is 23.7 Å². The number of rotatable bonds is 5. The molecule has 0 fully saturated rings. The van der Waals surface area contributed by atoms with Crippen LogP contribution in [0.2, 0.25) is 5.15 Å². The van der Waals surface area contributed by atoms with Gasteiger partial charge in [-0.15, -0.1) is 0 Å². The Kier molecular flexibility index (Phi) is 5.98. The van der Waals surface area contributed by atoms with Crippen molar-refractivity contribution in [3.63, 3.8) is 0 Å². The average Bonchev–Trinajstić information content (AvgIpc) is 2.97. The summed E-state index contributed by atoms with van der Waals surface area (Å²) in [5.41, 5.74) is 3.43. The number of aromatic nitrogens is 2. The molecule has 2 aromatic carbocycles. The molecule has 3 rings (SSSR count). The Morgan fingerprint density at radius 2 is 1.83 bits per heavy atom. The lowest BCUT2D eigenvalue weighted by molar-refractivity contribution is -0.119. The number of esters is 1. The highest BCUT2D eigenvalue weighted by molar-refractivity contribution is 6.33. The summed E-state index contributed by atoms with van der Waals surface area (Å²) in [5, 5.41) is 6.95. The molecule has 0 saturated heterocycles. The second kappa shape index (κ2) is 8.45. The molecule has 3 aromatic rings. The Balaban J connectivity index is 1.70. The Hall–Kier alpha value is -3.19. The van der Waals surface area contributed by atoms with E-state index in [4.69, 9.17) is 16.3 Å². The summed E-state index contributed by atoms with van der Waals surface area (Å²) in [6.45, 7) is 4.91. The first-order valence-electron chi connectivity index (χ1n) is 8.81. The van der Waals surface area contributed by atoms with Crippen molar-refractivity contribution >= 4 is 29.2 Å². The number of anilines is 1. The summed E-state index contributed by atoms with van der Waals surface area (Å²) in [6.07, 6.45) is 0. The number of hydrogen-bond donors (Lipinski definition) is 1. The van der Waals surface area contributed by atoms with Gasteiger partial charge in [0.05, 0.1) is 11.4 Å². The van der Waals surface area contributed by atoms with E-state index in [9.17, 15) is 14.0 Å². The van der Waals surface area contributed by atoms with E-state index in [1.54, 1.807) is 6.92 Å². The van der Waals surface area contributed by atoms with Crippen molar-refractivity contribution in [2.45, 2.75) is 20.8 Å². The molecule has 0 saturated carbocycles. The Labute approximate surface area is 172 Å². The van der Waals surface area contributed by atoms with Gasteiger partial charge in [0, 0.05) is 5.69 Å². The van der Waals surface area contributed by atoms with Crippen LogP contribution in [0.5, 0.6) is 0 Å². The van der Waals surface area contributed by atoms with E-state index in [-0.39, 0.29) is 10.7 Å². The number of ether oxygens (including phenoxy) is 1. The van der Waals surface area contributed by atoms with Gasteiger partial charge in [-0.25, -0.2) is 13.9 Å². The van der Waals surface area contributed by atoms with Gasteiger partial charge in [0.1, 0.15) is 16.5 Å². The van der Waals surface area contributed by atoms with Crippen LogP contribution < -0.4 is 5.32 Å². The molecule has 8 heteroatoms. The van der Waals surface area contributed by atoms with Crippen LogP contribution in [-0.4, -0.2) is 28.3 Å². The molecule has 1 heterocycles. The number of benzene rings is 2. The number of halogens is 2. The van der Waals surface area contributed by atoms with Gasteiger partial charge in [0.25, 0.3) is 5.91 Å². The molecular formula is C21H19ClFN3O3. The zero-order chi connectivity index (χ0) is 21.1. The van der Waals surface area contributed by atoms with E-state index < -0.39 is 24.3 Å². The predicted octanol–water partition coefficient (Wildman–Crippen LogP) is 4.39. The maximum Gasteiger partial charge on any atom is 0.343 e. The van der Waals surface area contributed by atoms with Crippen LogP contribution in [0.1, 0.15) is 27.2 Å². The number of aryl methyl sites for hydroxylation is 3. The second-order valence-electron chi connectivity index (χ2n) is 6.58. The quantitative estimate of drug-likeness (QED) is 0.627. The highest BCUT2D eigenvalue weighted by atomic mass is 35.5. The maximum absolute atomic E-state index is 13.1. The molecule has 1 aromatic heterocycles. The number of carbonyl (C=O) groups is 2. The minimum atomic E-state index is -0.767. The van der Waals surface area contributed by atoms with Crippen LogP contribution in [0, 0.1) is 26.6 Å². The Bertz CT molecular complexity index is 1080. The number of hydrogen-bond acceptors (Lipinski definition) is 4. The van der Waals surface area contributed by atoms with E-state index in [0.29, 0.717) is 17.1 Å². The van der Waals surface area contributed by atoms with E-state index >= 15 is 0 Å². The van der Waals surface area contributed by atoms with Crippen molar-refractivity contribution in [3.05, 3.63) is 75.8 Å². The zero-order valence-electron chi connectivity index (χ0n) is 16.1. The van der Waals surface area contributed by atoms with Crippen molar-refractivity contribution < 1.29 is 18.7 Å². The highest BCUT2D eigenvalue weighted by Gasteiger charge is 2.23. The molecule has 0 radical (unpaired) electrons. The predicted molar refractivity (Wildman–Crippen MR) is 108 cm³/mol. The molecular weight excluding hydrogens is 397 g/mol. The first kappa shape index (κ1) is 20.5. The summed E-state index contributed by atoms with van der Waals surface area (Å²) in [7, 11) is 0. The molecule has 150 valence electrons. The monoisotopic (exact) mass is 415 g/mol. The van der Waals surface area contributed by atoms with Crippen LogP contribution in [0.3, 0.4) is 0 Å². The molecule has 0 bridgehead atoms. The first-order valence-corrected chi connectivity index (χ1v) is 9.19. The van der Waals surface area contributed by atoms with E-state index in [1.165, 1.54) is 28.9 Å². The minimum Gasteiger partial charge on any atom is -0.452 e. The maximum atomic E-state index is 13.1. The Morgan fingerprint density at radius 1 is 1.14 bits per heavy atom. The molecule has 6 nitrogen and oxygen atoms in total. The molecule has 0 spiro atoms. The van der Waals surface area contributed by atoms with Crippen molar-refractivity contribution in [2.24, 2.45) is 0 Å². The van der Waals surface area contributed by atoms with Gasteiger partial charge < -0.3 is 10.1 Å². The van der Waals surface area contributed by atoms with Crippen LogP contribution in [0.4, 0.5) is 10.1 Å². The fourth-order valence-corrected chi connectivity index (χ4v) is 3.09. The molecule has 0 unspecified atom stereocenters. The first-order chi connectivity index (χ1) is 13.8. The highest BCUT2D eigenvalue weighted by Crippen LogP contribution is 2.24. The third-order valence-electron chi connectivity index (χ3n) is 4.28. The Morgan fingerprint density at radius 3 is 2.52 bits per heavy atom. The van der Waals surface area contributed by atoms with Crippen LogP contribution in [0.25, 0.3) is 5.69 Å². The number of nitrogens with zero attached hydrogens (tertiary/aromatic N) is 2. The summed E-state index contributed by atoms with van der Waals surface area (Å²) in [4.78, 5) is 24.6. The van der Waals surface area contributed by atoms with E-state index in [2.05, 4.69) is 10.4 Å². The second-order valence-corrected chi connectivity index (χ2v) is 6.94. The zero-order valence-corrected chi connectivity index (χ0v) is 16.9. The fraction of sp³-hybridized carbons (Fsp3) is 0.190. The van der Waals surface area contributed by atoms with Gasteiger partial charge in [-0.2, -0.15) is 5.10 Å². The van der Waals surface area contributed by atoms with Gasteiger partial charge in [0.15, 0.2) is 6.61 Å². The van der Waals surface area contributed by atoms with Gasteiger partial charge in [-0.05, 0) is 62.2 Å². The average molecular weight is 416 g/mol. The normalized spacial score (nSPS) is 10.7. The van der Waals surface area contributed by atoms with Gasteiger partial charge in [0.2, 0.25) is 0 Å². The smallest absolute Gasteiger partial charge is 0.343 e. The van der Waals surface area contributed by atoms with Crippen molar-refractivity contribution in [3.8, 4) is 5.69 Å². The van der Waals surface area contributed by atoms with Crippen LogP contribution in [0.15, 0.2) is 42.5 Å². The van der Waals surface area contributed by atoms with Gasteiger partial charge >= 0.3 is 5.97 Å². The SMILES string of the molecule is Cc1ccc(C)c(NC(=O)COC(=O)c2c(C)nn(-c3ccc(F)cc3)c2Cl)c1. The number of nitrogens with one attached hydrogen (secondary N) is 1. The van der Waals surface area contributed by atoms with Crippen LogP contribution in [-0.2, 0) is 9.53 Å². The third-order valence-corrected chi connectivity index (χ3v) is 4.63. The molecule has 0 aliphatic carbocycles. The largest absolute Gasteiger partial charge is 0.452 e. The summed E-state index contributed by atoms with van der Waals surface area (Å²) < 4.78 is 19.5. The van der Waals surface area contributed by atoms with Crippen LogP contribution >= 0.6 is 11.6 Å². The van der Waals surface area contributed by atoms with E-state index in [0.717, 1.165) is 11.1 Å².